The summed E-state index contributed by atoms with van der Waals surface area (Å²) in [4.78, 5) is 4.86. The van der Waals surface area contributed by atoms with Crippen molar-refractivity contribution in [2.24, 2.45) is 0 Å². The molecule has 20 heavy (non-hydrogen) atoms. The molecule has 0 spiro atoms. The molecule has 0 bridgehead atoms. The third kappa shape index (κ3) is 2.45. The zero-order valence-corrected chi connectivity index (χ0v) is 12.9. The summed E-state index contributed by atoms with van der Waals surface area (Å²) in [5, 5.41) is 4.38. The van der Waals surface area contributed by atoms with Gasteiger partial charge in [0.25, 0.3) is 0 Å². The summed E-state index contributed by atoms with van der Waals surface area (Å²) in [7, 11) is 0. The van der Waals surface area contributed by atoms with Gasteiger partial charge in [-0.3, -0.25) is 0 Å². The zero-order valence-electron chi connectivity index (χ0n) is 11.3. The Kier molecular flexibility index (Phi) is 3.41. The topological polar surface area (TPSA) is 29.9 Å². The van der Waals surface area contributed by atoms with Gasteiger partial charge in [0.05, 0.1) is 11.0 Å². The van der Waals surface area contributed by atoms with Crippen molar-refractivity contribution in [3.63, 3.8) is 0 Å². The SMILES string of the molecule is Clc1ccc2c(c1)nc(CC1CSCCN1)n2C1CC1. The van der Waals surface area contributed by atoms with Crippen molar-refractivity contribution in [2.45, 2.75) is 31.3 Å². The van der Waals surface area contributed by atoms with E-state index >= 15 is 0 Å². The fraction of sp³-hybridized carbons (Fsp3) is 0.533. The number of thioether (sulfide) groups is 1. The van der Waals surface area contributed by atoms with E-state index in [0.29, 0.717) is 12.1 Å². The van der Waals surface area contributed by atoms with Crippen LogP contribution in [0.1, 0.15) is 24.7 Å². The van der Waals surface area contributed by atoms with Crippen molar-refractivity contribution in [3.05, 3.63) is 29.0 Å². The van der Waals surface area contributed by atoms with Crippen LogP contribution in [-0.2, 0) is 6.42 Å². The first-order chi connectivity index (χ1) is 9.81. The normalized spacial score (nSPS) is 23.4. The molecule has 0 amide bonds. The highest BCUT2D eigenvalue weighted by molar-refractivity contribution is 7.99. The Bertz CT molecular complexity index is 629. The molecule has 2 aliphatic rings. The molecule has 2 heterocycles. The Morgan fingerprint density at radius 1 is 1.40 bits per heavy atom. The molecule has 1 atom stereocenters. The van der Waals surface area contributed by atoms with Gasteiger partial charge in [0.1, 0.15) is 5.82 Å². The lowest BCUT2D eigenvalue weighted by atomic mass is 10.2. The highest BCUT2D eigenvalue weighted by Gasteiger charge is 2.29. The predicted octanol–water partition coefficient (Wildman–Crippen LogP) is 3.27. The van der Waals surface area contributed by atoms with Crippen molar-refractivity contribution in [3.8, 4) is 0 Å². The molecule has 0 radical (unpaired) electrons. The number of hydrogen-bond donors (Lipinski definition) is 1. The lowest BCUT2D eigenvalue weighted by molar-refractivity contribution is 0.535. The summed E-state index contributed by atoms with van der Waals surface area (Å²) in [6.45, 7) is 1.12. The van der Waals surface area contributed by atoms with Crippen LogP contribution in [0.3, 0.4) is 0 Å². The van der Waals surface area contributed by atoms with E-state index in [-0.39, 0.29) is 0 Å². The molecule has 2 aromatic rings. The van der Waals surface area contributed by atoms with Gasteiger partial charge in [-0.15, -0.1) is 0 Å². The van der Waals surface area contributed by atoms with Crippen LogP contribution < -0.4 is 5.32 Å². The minimum Gasteiger partial charge on any atom is -0.325 e. The van der Waals surface area contributed by atoms with Crippen LogP contribution in [0.15, 0.2) is 18.2 Å². The van der Waals surface area contributed by atoms with Crippen molar-refractivity contribution in [2.75, 3.05) is 18.1 Å². The van der Waals surface area contributed by atoms with Crippen LogP contribution in [-0.4, -0.2) is 33.6 Å². The Hall–Kier alpha value is -0.710. The number of imidazole rings is 1. The van der Waals surface area contributed by atoms with Crippen LogP contribution >= 0.6 is 23.4 Å². The number of halogens is 1. The number of rotatable bonds is 3. The lowest BCUT2D eigenvalue weighted by Crippen LogP contribution is -2.39. The molecule has 2 fully saturated rings. The van der Waals surface area contributed by atoms with E-state index in [2.05, 4.69) is 16.0 Å². The molecule has 5 heteroatoms. The van der Waals surface area contributed by atoms with Gasteiger partial charge in [0.2, 0.25) is 0 Å². The molecule has 3 nitrogen and oxygen atoms in total. The fourth-order valence-electron chi connectivity index (χ4n) is 2.98. The summed E-state index contributed by atoms with van der Waals surface area (Å²) in [5.74, 6) is 3.64. The first-order valence-electron chi connectivity index (χ1n) is 7.29. The van der Waals surface area contributed by atoms with Crippen molar-refractivity contribution < 1.29 is 0 Å². The third-order valence-electron chi connectivity index (χ3n) is 4.06. The van der Waals surface area contributed by atoms with Gasteiger partial charge in [-0.05, 0) is 31.0 Å². The van der Waals surface area contributed by atoms with E-state index < -0.39 is 0 Å². The number of benzene rings is 1. The number of aromatic nitrogens is 2. The summed E-state index contributed by atoms with van der Waals surface area (Å²) < 4.78 is 2.45. The molecule has 106 valence electrons. The first-order valence-corrected chi connectivity index (χ1v) is 8.82. The van der Waals surface area contributed by atoms with Crippen molar-refractivity contribution in [1.29, 1.82) is 0 Å². The first kappa shape index (κ1) is 13.0. The largest absolute Gasteiger partial charge is 0.325 e. The smallest absolute Gasteiger partial charge is 0.111 e. The van der Waals surface area contributed by atoms with Gasteiger partial charge < -0.3 is 9.88 Å². The summed E-state index contributed by atoms with van der Waals surface area (Å²) in [6.07, 6.45) is 3.59. The highest BCUT2D eigenvalue weighted by Crippen LogP contribution is 2.39. The maximum absolute atomic E-state index is 6.10. The minimum absolute atomic E-state index is 0.554. The van der Waals surface area contributed by atoms with Crippen LogP contribution in [0.5, 0.6) is 0 Å². The van der Waals surface area contributed by atoms with E-state index in [0.717, 1.165) is 23.5 Å². The number of hydrogen-bond acceptors (Lipinski definition) is 3. The van der Waals surface area contributed by atoms with Crippen molar-refractivity contribution in [1.82, 2.24) is 14.9 Å². The van der Waals surface area contributed by atoms with Gasteiger partial charge in [0, 0.05) is 41.6 Å². The second-order valence-electron chi connectivity index (χ2n) is 5.69. The van der Waals surface area contributed by atoms with Gasteiger partial charge >= 0.3 is 0 Å². The maximum atomic E-state index is 6.10. The van der Waals surface area contributed by atoms with Crippen molar-refractivity contribution >= 4 is 34.4 Å². The Labute approximate surface area is 128 Å². The minimum atomic E-state index is 0.554. The van der Waals surface area contributed by atoms with Crippen LogP contribution in [0.2, 0.25) is 5.02 Å². The monoisotopic (exact) mass is 307 g/mol. The van der Waals surface area contributed by atoms with Gasteiger partial charge in [-0.2, -0.15) is 11.8 Å². The van der Waals surface area contributed by atoms with Crippen LogP contribution in [0.4, 0.5) is 0 Å². The van der Waals surface area contributed by atoms with E-state index in [9.17, 15) is 0 Å². The molecule has 1 aromatic carbocycles. The average Bonchev–Trinajstić information content (AvgIpc) is 3.22. The highest BCUT2D eigenvalue weighted by atomic mass is 35.5. The summed E-state index contributed by atoms with van der Waals surface area (Å²) in [6, 6.07) is 7.30. The fourth-order valence-corrected chi connectivity index (χ4v) is 4.09. The third-order valence-corrected chi connectivity index (χ3v) is 5.43. The number of fused-ring (bicyclic) bond motifs is 1. The average molecular weight is 308 g/mol. The van der Waals surface area contributed by atoms with E-state index in [4.69, 9.17) is 16.6 Å². The summed E-state index contributed by atoms with van der Waals surface area (Å²) >= 11 is 8.14. The molecule has 1 aliphatic heterocycles. The van der Waals surface area contributed by atoms with E-state index in [1.54, 1.807) is 0 Å². The molecular weight excluding hydrogens is 290 g/mol. The molecule has 1 N–H and O–H groups in total. The second-order valence-corrected chi connectivity index (χ2v) is 7.28. The van der Waals surface area contributed by atoms with E-state index in [1.165, 1.54) is 35.7 Å². The Morgan fingerprint density at radius 3 is 3.05 bits per heavy atom. The molecule has 1 saturated heterocycles. The quantitative estimate of drug-likeness (QED) is 0.944. The summed E-state index contributed by atoms with van der Waals surface area (Å²) in [5.41, 5.74) is 2.29. The maximum Gasteiger partial charge on any atom is 0.111 e. The Balaban J connectivity index is 1.71. The molecular formula is C15H18ClN3S. The van der Waals surface area contributed by atoms with Gasteiger partial charge in [-0.25, -0.2) is 4.98 Å². The van der Waals surface area contributed by atoms with Gasteiger partial charge in [-0.1, -0.05) is 11.6 Å². The lowest BCUT2D eigenvalue weighted by Gasteiger charge is -2.23. The Morgan fingerprint density at radius 2 is 2.30 bits per heavy atom. The number of nitrogens with zero attached hydrogens (tertiary/aromatic N) is 2. The second kappa shape index (κ2) is 5.24. The molecule has 1 saturated carbocycles. The number of nitrogens with one attached hydrogen (secondary N) is 1. The predicted molar refractivity (Wildman–Crippen MR) is 85.8 cm³/mol. The van der Waals surface area contributed by atoms with Gasteiger partial charge in [0.15, 0.2) is 0 Å². The van der Waals surface area contributed by atoms with Crippen LogP contribution in [0.25, 0.3) is 11.0 Å². The molecule has 1 unspecified atom stereocenters. The van der Waals surface area contributed by atoms with E-state index in [1.807, 2.05) is 23.9 Å². The molecule has 1 aliphatic carbocycles. The van der Waals surface area contributed by atoms with Crippen LogP contribution in [0, 0.1) is 0 Å². The molecule has 4 rings (SSSR count). The molecule has 1 aromatic heterocycles. The standard InChI is InChI=1S/C15H18ClN3S/c16-10-1-4-14-13(7-10)18-15(19(14)12-2-3-12)8-11-9-20-6-5-17-11/h1,4,7,11-12,17H,2-3,5-6,8-9H2. The zero-order chi connectivity index (χ0) is 13.5.